The molecule has 1 saturated heterocycles. The number of aromatic nitrogens is 1. The van der Waals surface area contributed by atoms with E-state index >= 15 is 0 Å². The fourth-order valence-electron chi connectivity index (χ4n) is 3.82. The average molecular weight is 377 g/mol. The number of nitrogens with one attached hydrogen (secondary N) is 1. The van der Waals surface area contributed by atoms with Crippen molar-refractivity contribution in [1.82, 2.24) is 9.88 Å². The summed E-state index contributed by atoms with van der Waals surface area (Å²) in [5.74, 6) is -0.918. The summed E-state index contributed by atoms with van der Waals surface area (Å²) in [6.07, 6.45) is 2.33. The van der Waals surface area contributed by atoms with Crippen molar-refractivity contribution in [2.45, 2.75) is 19.3 Å². The van der Waals surface area contributed by atoms with E-state index in [9.17, 15) is 9.59 Å². The van der Waals surface area contributed by atoms with Crippen LogP contribution in [-0.2, 0) is 4.79 Å². The maximum Gasteiger partial charge on any atom is 0.307 e. The predicted molar refractivity (Wildman–Crippen MR) is 89.3 cm³/mol. The van der Waals surface area contributed by atoms with Crippen molar-refractivity contribution in [3.8, 4) is 0 Å². The lowest BCUT2D eigenvalue weighted by Gasteiger charge is -2.32. The van der Waals surface area contributed by atoms with Crippen molar-refractivity contribution in [3.05, 3.63) is 34.4 Å². The molecule has 1 spiro atoms. The van der Waals surface area contributed by atoms with E-state index in [0.29, 0.717) is 18.8 Å². The van der Waals surface area contributed by atoms with Crippen LogP contribution in [0.5, 0.6) is 0 Å². The van der Waals surface area contributed by atoms with Gasteiger partial charge in [0.15, 0.2) is 0 Å². The Hall–Kier alpha value is -1.82. The summed E-state index contributed by atoms with van der Waals surface area (Å²) < 4.78 is 0.799. The molecule has 1 atom stereocenters. The van der Waals surface area contributed by atoms with Crippen LogP contribution >= 0.6 is 15.9 Å². The minimum Gasteiger partial charge on any atom is -0.481 e. The number of hydrogen-bond donors (Lipinski definition) is 2. The molecule has 1 aliphatic carbocycles. The topological polar surface area (TPSA) is 73.4 Å². The van der Waals surface area contributed by atoms with Gasteiger partial charge in [-0.3, -0.25) is 9.59 Å². The number of nitrogens with zero attached hydrogens (tertiary/aromatic N) is 1. The van der Waals surface area contributed by atoms with Crippen LogP contribution in [-0.4, -0.2) is 40.0 Å². The highest BCUT2D eigenvalue weighted by Gasteiger charge is 2.59. The molecule has 2 aromatic rings. The summed E-state index contributed by atoms with van der Waals surface area (Å²) in [4.78, 5) is 28.9. The second-order valence-electron chi connectivity index (χ2n) is 6.61. The van der Waals surface area contributed by atoms with E-state index in [2.05, 4.69) is 20.9 Å². The van der Waals surface area contributed by atoms with Gasteiger partial charge in [0.25, 0.3) is 5.91 Å². The number of fused-ring (bicyclic) bond motifs is 1. The molecule has 23 heavy (non-hydrogen) atoms. The maximum atomic E-state index is 12.8. The zero-order valence-corrected chi connectivity index (χ0v) is 14.1. The highest BCUT2D eigenvalue weighted by Crippen LogP contribution is 2.59. The fourth-order valence-corrected chi connectivity index (χ4v) is 4.43. The van der Waals surface area contributed by atoms with Crippen molar-refractivity contribution in [2.24, 2.45) is 11.3 Å². The first kappa shape index (κ1) is 14.8. The molecule has 1 amide bonds. The summed E-state index contributed by atoms with van der Waals surface area (Å²) in [5.41, 5.74) is 1.46. The molecule has 2 N–H and O–H groups in total. The number of para-hydroxylation sites is 1. The number of H-pyrrole nitrogens is 1. The lowest BCUT2D eigenvalue weighted by atomic mass is 9.90. The molecular formula is C17H17BrN2O3. The summed E-state index contributed by atoms with van der Waals surface area (Å²) in [7, 11) is 0. The van der Waals surface area contributed by atoms with Crippen molar-refractivity contribution >= 4 is 38.7 Å². The van der Waals surface area contributed by atoms with Gasteiger partial charge in [0.05, 0.1) is 10.4 Å². The molecule has 5 nitrogen and oxygen atoms in total. The number of likely N-dealkylation sites (tertiary alicyclic amines) is 1. The number of aromatic amines is 1. The van der Waals surface area contributed by atoms with Crippen LogP contribution in [0.3, 0.4) is 0 Å². The van der Waals surface area contributed by atoms with Gasteiger partial charge in [-0.15, -0.1) is 0 Å². The summed E-state index contributed by atoms with van der Waals surface area (Å²) in [6, 6.07) is 7.80. The van der Waals surface area contributed by atoms with E-state index in [1.807, 2.05) is 29.2 Å². The smallest absolute Gasteiger partial charge is 0.307 e. The minimum absolute atomic E-state index is 0.0181. The first-order valence-corrected chi connectivity index (χ1v) is 8.59. The third kappa shape index (κ3) is 2.27. The van der Waals surface area contributed by atoms with Gasteiger partial charge in [0.2, 0.25) is 0 Å². The number of piperidine rings is 1. The quantitative estimate of drug-likeness (QED) is 0.844. The van der Waals surface area contributed by atoms with Gasteiger partial charge in [-0.05, 0) is 46.7 Å². The standard InChI is InChI=1S/C17H17BrN2O3/c18-13-10-3-1-2-4-12(10)19-14(13)15(21)20-7-5-17(6-8-20)9-11(17)16(22)23/h1-4,11,19H,5-9H2,(H,22,23). The Morgan fingerprint density at radius 2 is 1.96 bits per heavy atom. The highest BCUT2D eigenvalue weighted by atomic mass is 79.9. The Kier molecular flexibility index (Phi) is 3.27. The zero-order valence-electron chi connectivity index (χ0n) is 12.5. The number of carbonyl (C=O) groups is 2. The number of halogens is 1. The summed E-state index contributed by atoms with van der Waals surface area (Å²) >= 11 is 3.53. The monoisotopic (exact) mass is 376 g/mol. The number of benzene rings is 1. The van der Waals surface area contributed by atoms with Crippen LogP contribution in [0, 0.1) is 11.3 Å². The molecule has 0 bridgehead atoms. The molecule has 1 saturated carbocycles. The Morgan fingerprint density at radius 1 is 1.26 bits per heavy atom. The van der Waals surface area contributed by atoms with Crippen LogP contribution in [0.15, 0.2) is 28.7 Å². The van der Waals surface area contributed by atoms with E-state index in [-0.39, 0.29) is 17.2 Å². The second kappa shape index (κ2) is 5.09. The molecule has 6 heteroatoms. The lowest BCUT2D eigenvalue weighted by Crippen LogP contribution is -2.40. The molecule has 1 aromatic carbocycles. The Balaban J connectivity index is 1.52. The Bertz CT molecular complexity index is 805. The SMILES string of the molecule is O=C(O)C1CC12CCN(C(=O)c1[nH]c3ccccc3c1Br)CC2. The first-order valence-electron chi connectivity index (χ1n) is 7.80. The fraction of sp³-hybridized carbons (Fsp3) is 0.412. The van der Waals surface area contributed by atoms with Gasteiger partial charge < -0.3 is 15.0 Å². The number of hydrogen-bond acceptors (Lipinski definition) is 2. The maximum absolute atomic E-state index is 12.8. The van der Waals surface area contributed by atoms with Crippen LogP contribution < -0.4 is 0 Å². The van der Waals surface area contributed by atoms with E-state index in [4.69, 9.17) is 5.11 Å². The van der Waals surface area contributed by atoms with Gasteiger partial charge in [0, 0.05) is 24.0 Å². The van der Waals surface area contributed by atoms with E-state index < -0.39 is 5.97 Å². The van der Waals surface area contributed by atoms with Crippen LogP contribution in [0.2, 0.25) is 0 Å². The number of amides is 1. The molecule has 2 fully saturated rings. The van der Waals surface area contributed by atoms with Crippen LogP contribution in [0.25, 0.3) is 10.9 Å². The van der Waals surface area contributed by atoms with Gasteiger partial charge in [-0.25, -0.2) is 0 Å². The molecule has 2 aliphatic rings. The number of carboxylic acid groups (broad SMARTS) is 1. The minimum atomic E-state index is -0.692. The molecular weight excluding hydrogens is 360 g/mol. The van der Waals surface area contributed by atoms with Gasteiger partial charge in [-0.1, -0.05) is 18.2 Å². The molecule has 2 heterocycles. The molecule has 1 aromatic heterocycles. The van der Waals surface area contributed by atoms with Crippen molar-refractivity contribution in [2.75, 3.05) is 13.1 Å². The third-order valence-electron chi connectivity index (χ3n) is 5.39. The lowest BCUT2D eigenvalue weighted by molar-refractivity contribution is -0.139. The first-order chi connectivity index (χ1) is 11.0. The summed E-state index contributed by atoms with van der Waals surface area (Å²) in [6.45, 7) is 1.26. The Morgan fingerprint density at radius 3 is 2.57 bits per heavy atom. The largest absolute Gasteiger partial charge is 0.481 e. The molecule has 4 rings (SSSR count). The van der Waals surface area contributed by atoms with Gasteiger partial charge >= 0.3 is 5.97 Å². The average Bonchev–Trinajstić information content (AvgIpc) is 3.16. The molecule has 120 valence electrons. The number of carboxylic acids is 1. The van der Waals surface area contributed by atoms with Crippen LogP contribution in [0.4, 0.5) is 0 Å². The third-order valence-corrected chi connectivity index (χ3v) is 6.21. The van der Waals surface area contributed by atoms with Gasteiger partial charge in [-0.2, -0.15) is 0 Å². The van der Waals surface area contributed by atoms with E-state index in [0.717, 1.165) is 34.6 Å². The highest BCUT2D eigenvalue weighted by molar-refractivity contribution is 9.10. The summed E-state index contributed by atoms with van der Waals surface area (Å²) in [5, 5.41) is 10.1. The Labute approximate surface area is 141 Å². The van der Waals surface area contributed by atoms with Crippen molar-refractivity contribution < 1.29 is 14.7 Å². The second-order valence-corrected chi connectivity index (χ2v) is 7.40. The normalized spacial score (nSPS) is 22.5. The predicted octanol–water partition coefficient (Wildman–Crippen LogP) is 3.26. The number of aliphatic carboxylic acids is 1. The van der Waals surface area contributed by atoms with E-state index in [1.165, 1.54) is 0 Å². The molecule has 0 radical (unpaired) electrons. The van der Waals surface area contributed by atoms with Crippen molar-refractivity contribution in [3.63, 3.8) is 0 Å². The van der Waals surface area contributed by atoms with Gasteiger partial charge in [0.1, 0.15) is 5.69 Å². The molecule has 1 unspecified atom stereocenters. The van der Waals surface area contributed by atoms with E-state index in [1.54, 1.807) is 0 Å². The number of carbonyl (C=O) groups excluding carboxylic acids is 1. The molecule has 1 aliphatic heterocycles. The zero-order chi connectivity index (χ0) is 16.2. The van der Waals surface area contributed by atoms with Crippen LogP contribution in [0.1, 0.15) is 29.8 Å². The number of rotatable bonds is 2. The van der Waals surface area contributed by atoms with Crippen molar-refractivity contribution in [1.29, 1.82) is 0 Å².